The van der Waals surface area contributed by atoms with Crippen LogP contribution in [0.25, 0.3) is 0 Å². The summed E-state index contributed by atoms with van der Waals surface area (Å²) in [5.74, 6) is -1.56. The minimum Gasteiger partial charge on any atom is -0.382 e. The third-order valence-electron chi connectivity index (χ3n) is 6.62. The molecule has 2 unspecified atom stereocenters. The molecule has 0 saturated carbocycles. The number of carbonyl (C=O) groups is 4. The topological polar surface area (TPSA) is 142 Å². The van der Waals surface area contributed by atoms with Crippen LogP contribution in [0, 0.1) is 5.92 Å². The molecule has 4 amide bonds. The molecule has 2 aliphatic rings. The van der Waals surface area contributed by atoms with Crippen molar-refractivity contribution in [1.82, 2.24) is 10.2 Å². The molecule has 1 aromatic rings. The van der Waals surface area contributed by atoms with Crippen LogP contribution < -0.4 is 10.6 Å². The zero-order chi connectivity index (χ0) is 28.7. The summed E-state index contributed by atoms with van der Waals surface area (Å²) in [7, 11) is 0. The van der Waals surface area contributed by atoms with E-state index in [0.717, 1.165) is 17.9 Å². The Hall–Kier alpha value is -2.90. The Morgan fingerprint density at radius 3 is 2.08 bits per heavy atom. The van der Waals surface area contributed by atoms with Gasteiger partial charge in [0, 0.05) is 25.3 Å². The Morgan fingerprint density at radius 1 is 0.875 bits per heavy atom. The maximum Gasteiger partial charge on any atom is 0.264 e. The van der Waals surface area contributed by atoms with Gasteiger partial charge in [0.25, 0.3) is 11.8 Å². The molecule has 0 aromatic heterocycles. The molecule has 0 radical (unpaired) electrons. The van der Waals surface area contributed by atoms with Crippen LogP contribution in [-0.4, -0.2) is 107 Å². The fraction of sp³-hybridized carbons (Fsp3) is 0.643. The zero-order valence-electron chi connectivity index (χ0n) is 23.4. The van der Waals surface area contributed by atoms with Gasteiger partial charge in [-0.1, -0.05) is 26.3 Å². The highest BCUT2D eigenvalue weighted by Gasteiger charge is 2.45. The second-order valence-electron chi connectivity index (χ2n) is 9.64. The SMILES string of the molecule is CCC(C)COCCOCCOCCOCCOCCNc1cccc2c1C(=O)N(C1CCC(=O)NC1=O)C2=O. The van der Waals surface area contributed by atoms with E-state index in [4.69, 9.17) is 23.7 Å². The number of benzene rings is 1. The fourth-order valence-electron chi connectivity index (χ4n) is 4.20. The number of ether oxygens (including phenoxy) is 5. The van der Waals surface area contributed by atoms with E-state index in [1.807, 2.05) is 0 Å². The minimum absolute atomic E-state index is 0.0764. The van der Waals surface area contributed by atoms with Crippen molar-refractivity contribution in [1.29, 1.82) is 0 Å². The van der Waals surface area contributed by atoms with Crippen LogP contribution >= 0.6 is 0 Å². The Bertz CT molecular complexity index is 1000. The van der Waals surface area contributed by atoms with Gasteiger partial charge >= 0.3 is 0 Å². The molecule has 2 heterocycles. The smallest absolute Gasteiger partial charge is 0.264 e. The number of fused-ring (bicyclic) bond motifs is 1. The molecule has 0 aliphatic carbocycles. The molecule has 222 valence electrons. The van der Waals surface area contributed by atoms with Gasteiger partial charge in [0.05, 0.1) is 70.6 Å². The van der Waals surface area contributed by atoms with Crippen molar-refractivity contribution in [2.24, 2.45) is 5.92 Å². The van der Waals surface area contributed by atoms with Gasteiger partial charge in [-0.15, -0.1) is 0 Å². The predicted molar refractivity (Wildman–Crippen MR) is 145 cm³/mol. The van der Waals surface area contributed by atoms with Gasteiger partial charge in [-0.25, -0.2) is 0 Å². The van der Waals surface area contributed by atoms with E-state index in [-0.39, 0.29) is 24.0 Å². The van der Waals surface area contributed by atoms with Gasteiger partial charge in [-0.3, -0.25) is 29.4 Å². The molecule has 2 N–H and O–H groups in total. The van der Waals surface area contributed by atoms with Crippen LogP contribution in [-0.2, 0) is 33.3 Å². The lowest BCUT2D eigenvalue weighted by Gasteiger charge is -2.27. The van der Waals surface area contributed by atoms with Crippen LogP contribution in [0.15, 0.2) is 18.2 Å². The lowest BCUT2D eigenvalue weighted by molar-refractivity contribution is -0.136. The van der Waals surface area contributed by atoms with Gasteiger partial charge < -0.3 is 29.0 Å². The zero-order valence-corrected chi connectivity index (χ0v) is 23.4. The molecule has 12 heteroatoms. The molecule has 1 aromatic carbocycles. The number of hydrogen-bond acceptors (Lipinski definition) is 10. The highest BCUT2D eigenvalue weighted by Crippen LogP contribution is 2.32. The second-order valence-corrected chi connectivity index (χ2v) is 9.64. The molecule has 1 fully saturated rings. The maximum absolute atomic E-state index is 13.1. The lowest BCUT2D eigenvalue weighted by atomic mass is 10.0. The van der Waals surface area contributed by atoms with Crippen molar-refractivity contribution in [2.45, 2.75) is 39.2 Å². The third-order valence-corrected chi connectivity index (χ3v) is 6.62. The first-order valence-electron chi connectivity index (χ1n) is 13.9. The maximum atomic E-state index is 13.1. The highest BCUT2D eigenvalue weighted by molar-refractivity contribution is 6.25. The van der Waals surface area contributed by atoms with E-state index < -0.39 is 29.7 Å². The molecule has 2 aliphatic heterocycles. The average Bonchev–Trinajstić information content (AvgIpc) is 3.20. The summed E-state index contributed by atoms with van der Waals surface area (Å²) in [6, 6.07) is 3.94. The van der Waals surface area contributed by atoms with E-state index >= 15 is 0 Å². The number of anilines is 1. The van der Waals surface area contributed by atoms with E-state index in [9.17, 15) is 19.2 Å². The molecule has 0 bridgehead atoms. The standard InChI is InChI=1S/C28H41N3O9/c1-3-20(2)19-40-18-17-39-16-15-38-14-13-37-12-11-36-10-9-29-22-6-4-5-21-25(22)28(35)31(27(21)34)23-7-8-24(32)30-26(23)33/h4-6,20,23,29H,3,7-19H2,1-2H3,(H,30,32,33). The first-order valence-corrected chi connectivity index (χ1v) is 13.9. The third kappa shape index (κ3) is 9.34. The molecular formula is C28H41N3O9. The summed E-state index contributed by atoms with van der Waals surface area (Å²) < 4.78 is 27.5. The van der Waals surface area contributed by atoms with Gasteiger partial charge in [-0.05, 0) is 24.5 Å². The highest BCUT2D eigenvalue weighted by atomic mass is 16.6. The van der Waals surface area contributed by atoms with E-state index in [1.54, 1.807) is 18.2 Å². The molecular weight excluding hydrogens is 522 g/mol. The summed E-state index contributed by atoms with van der Waals surface area (Å²) >= 11 is 0. The average molecular weight is 564 g/mol. The van der Waals surface area contributed by atoms with E-state index in [1.165, 1.54) is 0 Å². The molecule has 12 nitrogen and oxygen atoms in total. The van der Waals surface area contributed by atoms with Gasteiger partial charge in [0.1, 0.15) is 6.04 Å². The van der Waals surface area contributed by atoms with E-state index in [0.29, 0.717) is 77.6 Å². The van der Waals surface area contributed by atoms with Crippen molar-refractivity contribution in [3.8, 4) is 0 Å². The Balaban J connectivity index is 1.22. The summed E-state index contributed by atoms with van der Waals surface area (Å²) in [5, 5.41) is 5.33. The van der Waals surface area contributed by atoms with E-state index in [2.05, 4.69) is 24.5 Å². The number of rotatable bonds is 20. The van der Waals surface area contributed by atoms with Crippen molar-refractivity contribution in [3.05, 3.63) is 29.3 Å². The van der Waals surface area contributed by atoms with Crippen LogP contribution in [0.3, 0.4) is 0 Å². The first-order chi connectivity index (χ1) is 19.4. The Morgan fingerprint density at radius 2 is 1.48 bits per heavy atom. The van der Waals surface area contributed by atoms with Crippen molar-refractivity contribution >= 4 is 29.3 Å². The monoisotopic (exact) mass is 563 g/mol. The number of nitrogens with one attached hydrogen (secondary N) is 2. The van der Waals surface area contributed by atoms with Crippen LogP contribution in [0.2, 0.25) is 0 Å². The van der Waals surface area contributed by atoms with Gasteiger partial charge in [0.2, 0.25) is 11.8 Å². The van der Waals surface area contributed by atoms with Gasteiger partial charge in [-0.2, -0.15) is 0 Å². The normalized spacial score (nSPS) is 17.8. The number of hydrogen-bond donors (Lipinski definition) is 2. The molecule has 0 spiro atoms. The largest absolute Gasteiger partial charge is 0.382 e. The summed E-state index contributed by atoms with van der Waals surface area (Å²) in [4.78, 5) is 50.6. The number of imide groups is 2. The molecule has 3 rings (SSSR count). The van der Waals surface area contributed by atoms with Gasteiger partial charge in [0.15, 0.2) is 0 Å². The molecule has 40 heavy (non-hydrogen) atoms. The lowest BCUT2D eigenvalue weighted by Crippen LogP contribution is -2.54. The fourth-order valence-corrected chi connectivity index (χ4v) is 4.20. The van der Waals surface area contributed by atoms with Crippen LogP contribution in [0.1, 0.15) is 53.8 Å². The van der Waals surface area contributed by atoms with Crippen LogP contribution in [0.5, 0.6) is 0 Å². The number of amides is 4. The number of nitrogens with zero attached hydrogens (tertiary/aromatic N) is 1. The predicted octanol–water partition coefficient (Wildman–Crippen LogP) is 1.63. The second kappa shape index (κ2) is 17.0. The summed E-state index contributed by atoms with van der Waals surface area (Å²) in [6.07, 6.45) is 1.30. The van der Waals surface area contributed by atoms with Crippen LogP contribution in [0.4, 0.5) is 5.69 Å². The van der Waals surface area contributed by atoms with Crippen molar-refractivity contribution < 1.29 is 42.9 Å². The number of piperidine rings is 1. The first kappa shape index (κ1) is 31.6. The Kier molecular flexibility index (Phi) is 13.5. The summed E-state index contributed by atoms with van der Waals surface area (Å²) in [6.45, 7) is 9.75. The molecule has 2 atom stereocenters. The quantitative estimate of drug-likeness (QED) is 0.178. The molecule has 1 saturated heterocycles. The van der Waals surface area contributed by atoms with Crippen molar-refractivity contribution in [2.75, 3.05) is 77.9 Å². The minimum atomic E-state index is -0.996. The summed E-state index contributed by atoms with van der Waals surface area (Å²) in [5.41, 5.74) is 0.944. The number of carbonyl (C=O) groups excluding carboxylic acids is 4. The van der Waals surface area contributed by atoms with Crippen molar-refractivity contribution in [3.63, 3.8) is 0 Å². The Labute approximate surface area is 235 Å².